The number of aromatic nitrogens is 2. The summed E-state index contributed by atoms with van der Waals surface area (Å²) in [6.45, 7) is 1.29. The molecule has 2 N–H and O–H groups in total. The highest BCUT2D eigenvalue weighted by molar-refractivity contribution is 5.90. The molecule has 2 atom stereocenters. The molecule has 3 rings (SSSR count). The molecule has 2 aromatic carbocycles. The van der Waals surface area contributed by atoms with Crippen LogP contribution in [-0.2, 0) is 32.0 Å². The van der Waals surface area contributed by atoms with Gasteiger partial charge in [-0.1, -0.05) is 24.3 Å². The lowest BCUT2D eigenvalue weighted by atomic mass is 10.0. The number of carbonyl (C=O) groups excluding carboxylic acids is 3. The fourth-order valence-corrected chi connectivity index (χ4v) is 3.22. The molecule has 0 aliphatic heterocycles. The van der Waals surface area contributed by atoms with Crippen LogP contribution in [0.3, 0.4) is 0 Å². The summed E-state index contributed by atoms with van der Waals surface area (Å²) in [5.74, 6) is -2.05. The van der Waals surface area contributed by atoms with Gasteiger partial charge in [-0.2, -0.15) is 0 Å². The van der Waals surface area contributed by atoms with Gasteiger partial charge in [0.05, 0.1) is 23.8 Å². The Kier molecular flexibility index (Phi) is 7.43. The molecule has 0 saturated carbocycles. The molecule has 0 fully saturated rings. The Balaban J connectivity index is 1.77. The number of para-hydroxylation sites is 2. The van der Waals surface area contributed by atoms with Gasteiger partial charge < -0.3 is 15.4 Å². The molecule has 1 heterocycles. The van der Waals surface area contributed by atoms with E-state index in [1.54, 1.807) is 6.07 Å². The summed E-state index contributed by atoms with van der Waals surface area (Å²) < 4.78 is 18.0. The number of ether oxygens (including phenoxy) is 1. The normalized spacial score (nSPS) is 12.6. The third-order valence-corrected chi connectivity index (χ3v) is 4.76. The number of methoxy groups -OCH3 is 1. The molecule has 8 nitrogen and oxygen atoms in total. The van der Waals surface area contributed by atoms with E-state index in [1.165, 1.54) is 44.5 Å². The minimum Gasteiger partial charge on any atom is -0.467 e. The fourth-order valence-electron chi connectivity index (χ4n) is 3.22. The second kappa shape index (κ2) is 10.4. The number of amides is 2. The zero-order chi connectivity index (χ0) is 23.1. The molecule has 0 unspecified atom stereocenters. The minimum absolute atomic E-state index is 0.0551. The second-order valence-electron chi connectivity index (χ2n) is 7.22. The van der Waals surface area contributed by atoms with Crippen LogP contribution in [0.1, 0.15) is 18.2 Å². The maximum absolute atomic E-state index is 13.2. The highest BCUT2D eigenvalue weighted by Gasteiger charge is 2.28. The Morgan fingerprint density at radius 1 is 0.969 bits per heavy atom. The molecule has 3 aromatic rings. The van der Waals surface area contributed by atoms with Crippen molar-refractivity contribution in [1.29, 1.82) is 0 Å². The van der Waals surface area contributed by atoms with Crippen LogP contribution in [0.4, 0.5) is 4.39 Å². The zero-order valence-corrected chi connectivity index (χ0v) is 17.7. The number of fused-ring (bicyclic) bond motifs is 1. The molecule has 2 amide bonds. The lowest BCUT2D eigenvalue weighted by Gasteiger charge is -2.22. The van der Waals surface area contributed by atoms with Gasteiger partial charge in [0, 0.05) is 26.0 Å². The van der Waals surface area contributed by atoms with Gasteiger partial charge in [-0.15, -0.1) is 0 Å². The first-order valence-corrected chi connectivity index (χ1v) is 9.96. The third-order valence-electron chi connectivity index (χ3n) is 4.76. The van der Waals surface area contributed by atoms with Crippen LogP contribution in [0.15, 0.2) is 54.7 Å². The van der Waals surface area contributed by atoms with E-state index in [1.807, 2.05) is 18.2 Å². The summed E-state index contributed by atoms with van der Waals surface area (Å²) in [7, 11) is 1.22. The standard InChI is InChI=1S/C23H23FN4O4/c1-14(29)26-20(11-15-7-9-16(24)10-8-15)22(30)28-21(23(31)32-2)12-17-13-25-18-5-3-4-6-19(18)27-17/h3-10,13,20-21H,11-12H2,1-2H3,(H,26,29)(H,28,30)/t20-,21-/m0/s1. The largest absolute Gasteiger partial charge is 0.467 e. The van der Waals surface area contributed by atoms with Gasteiger partial charge in [0.15, 0.2) is 0 Å². The van der Waals surface area contributed by atoms with Crippen LogP contribution in [0, 0.1) is 5.82 Å². The maximum Gasteiger partial charge on any atom is 0.328 e. The second-order valence-corrected chi connectivity index (χ2v) is 7.22. The Bertz CT molecular complexity index is 1120. The van der Waals surface area contributed by atoms with Crippen molar-refractivity contribution in [1.82, 2.24) is 20.6 Å². The summed E-state index contributed by atoms with van der Waals surface area (Å²) in [4.78, 5) is 45.7. The van der Waals surface area contributed by atoms with E-state index >= 15 is 0 Å². The number of esters is 1. The maximum atomic E-state index is 13.2. The van der Waals surface area contributed by atoms with Crippen LogP contribution in [0.25, 0.3) is 11.0 Å². The first-order chi connectivity index (χ1) is 15.4. The molecular formula is C23H23FN4O4. The monoisotopic (exact) mass is 438 g/mol. The number of nitrogens with zero attached hydrogens (tertiary/aromatic N) is 2. The Labute approximate surface area is 184 Å². The summed E-state index contributed by atoms with van der Waals surface area (Å²) in [5.41, 5.74) is 2.51. The van der Waals surface area contributed by atoms with Crippen LogP contribution >= 0.6 is 0 Å². The van der Waals surface area contributed by atoms with E-state index in [4.69, 9.17) is 4.74 Å². The van der Waals surface area contributed by atoms with Crippen molar-refractivity contribution in [3.05, 3.63) is 71.8 Å². The van der Waals surface area contributed by atoms with E-state index < -0.39 is 35.7 Å². The van der Waals surface area contributed by atoms with Crippen molar-refractivity contribution >= 4 is 28.8 Å². The number of carbonyl (C=O) groups is 3. The van der Waals surface area contributed by atoms with Gasteiger partial charge in [0.1, 0.15) is 17.9 Å². The van der Waals surface area contributed by atoms with E-state index in [0.29, 0.717) is 22.3 Å². The van der Waals surface area contributed by atoms with Crippen molar-refractivity contribution in [2.45, 2.75) is 31.8 Å². The first kappa shape index (κ1) is 22.8. The molecule has 166 valence electrons. The van der Waals surface area contributed by atoms with Gasteiger partial charge in [-0.25, -0.2) is 14.2 Å². The lowest BCUT2D eigenvalue weighted by molar-refractivity contribution is -0.145. The minimum atomic E-state index is -1.03. The molecule has 32 heavy (non-hydrogen) atoms. The predicted octanol–water partition coefficient (Wildman–Crippen LogP) is 1.72. The molecule has 0 bridgehead atoms. The zero-order valence-electron chi connectivity index (χ0n) is 17.7. The van der Waals surface area contributed by atoms with Crippen molar-refractivity contribution in [3.63, 3.8) is 0 Å². The Morgan fingerprint density at radius 2 is 1.66 bits per heavy atom. The molecule has 0 saturated heterocycles. The lowest BCUT2D eigenvalue weighted by Crippen LogP contribution is -2.53. The highest BCUT2D eigenvalue weighted by atomic mass is 19.1. The van der Waals surface area contributed by atoms with Gasteiger partial charge in [0.2, 0.25) is 11.8 Å². The average molecular weight is 438 g/mol. The first-order valence-electron chi connectivity index (χ1n) is 9.96. The predicted molar refractivity (Wildman–Crippen MR) is 115 cm³/mol. The number of hydrogen-bond donors (Lipinski definition) is 2. The van der Waals surface area contributed by atoms with Crippen molar-refractivity contribution in [2.75, 3.05) is 7.11 Å². The molecule has 0 radical (unpaired) electrons. The van der Waals surface area contributed by atoms with Crippen molar-refractivity contribution < 1.29 is 23.5 Å². The molecule has 9 heteroatoms. The van der Waals surface area contributed by atoms with Crippen LogP contribution in [0.2, 0.25) is 0 Å². The third kappa shape index (κ3) is 6.07. The Morgan fingerprint density at radius 3 is 2.31 bits per heavy atom. The van der Waals surface area contributed by atoms with E-state index in [2.05, 4.69) is 20.6 Å². The smallest absolute Gasteiger partial charge is 0.328 e. The average Bonchev–Trinajstić information content (AvgIpc) is 2.78. The molecule has 0 aliphatic rings. The topological polar surface area (TPSA) is 110 Å². The Hall–Kier alpha value is -3.88. The molecule has 0 spiro atoms. The highest BCUT2D eigenvalue weighted by Crippen LogP contribution is 2.11. The van der Waals surface area contributed by atoms with Crippen molar-refractivity contribution in [3.8, 4) is 0 Å². The van der Waals surface area contributed by atoms with Crippen LogP contribution < -0.4 is 10.6 Å². The summed E-state index contributed by atoms with van der Waals surface area (Å²) in [5, 5.41) is 5.20. The van der Waals surface area contributed by atoms with E-state index in [0.717, 1.165) is 0 Å². The van der Waals surface area contributed by atoms with Gasteiger partial charge >= 0.3 is 5.97 Å². The van der Waals surface area contributed by atoms with Gasteiger partial charge in [-0.3, -0.25) is 14.6 Å². The fraction of sp³-hybridized carbons (Fsp3) is 0.261. The van der Waals surface area contributed by atoms with Gasteiger partial charge in [-0.05, 0) is 29.8 Å². The number of rotatable bonds is 8. The van der Waals surface area contributed by atoms with Gasteiger partial charge in [0.25, 0.3) is 0 Å². The molecule has 1 aromatic heterocycles. The van der Waals surface area contributed by atoms with E-state index in [9.17, 15) is 18.8 Å². The number of nitrogens with one attached hydrogen (secondary N) is 2. The summed E-state index contributed by atoms with van der Waals surface area (Å²) in [6.07, 6.45) is 1.71. The van der Waals surface area contributed by atoms with E-state index in [-0.39, 0.29) is 12.8 Å². The van der Waals surface area contributed by atoms with Crippen molar-refractivity contribution in [2.24, 2.45) is 0 Å². The molecule has 0 aliphatic carbocycles. The molecular weight excluding hydrogens is 415 g/mol. The SMILES string of the molecule is COC(=O)[C@H](Cc1cnc2ccccc2n1)NC(=O)[C@H](Cc1ccc(F)cc1)NC(C)=O. The summed E-state index contributed by atoms with van der Waals surface area (Å²) >= 11 is 0. The quantitative estimate of drug-likeness (QED) is 0.518. The van der Waals surface area contributed by atoms with Crippen LogP contribution in [-0.4, -0.2) is 46.9 Å². The summed E-state index contributed by atoms with van der Waals surface area (Å²) in [6, 6.07) is 10.9. The van der Waals surface area contributed by atoms with Crippen LogP contribution in [0.5, 0.6) is 0 Å². The number of halogens is 1. The number of benzene rings is 2. The number of hydrogen-bond acceptors (Lipinski definition) is 6.